The number of rotatable bonds is 1. The lowest BCUT2D eigenvalue weighted by atomic mass is 10.0. The normalized spacial score (nSPS) is 20.7. The van der Waals surface area contributed by atoms with Crippen molar-refractivity contribution in [3.05, 3.63) is 0 Å². The standard InChI is InChI=1S/C9H14N2O/c1-11(2)9(12)10-8-6-4-3-5-7-8/h8H,4,6-7H2,1-2H3,(H,10,12). The highest BCUT2D eigenvalue weighted by Gasteiger charge is 2.13. The lowest BCUT2D eigenvalue weighted by Crippen LogP contribution is -2.41. The molecule has 1 aliphatic carbocycles. The molecule has 0 aromatic rings. The van der Waals surface area contributed by atoms with E-state index in [0.717, 1.165) is 19.3 Å². The Balaban J connectivity index is 2.33. The average Bonchev–Trinajstić information content (AvgIpc) is 2.06. The second-order valence-corrected chi connectivity index (χ2v) is 3.14. The largest absolute Gasteiger partial charge is 0.334 e. The monoisotopic (exact) mass is 166 g/mol. The molecular weight excluding hydrogens is 152 g/mol. The molecule has 1 aliphatic rings. The molecule has 0 aromatic carbocycles. The van der Waals surface area contributed by atoms with Crippen molar-refractivity contribution in [3.63, 3.8) is 0 Å². The fraction of sp³-hybridized carbons (Fsp3) is 0.667. The minimum absolute atomic E-state index is 0.0244. The van der Waals surface area contributed by atoms with E-state index in [0.29, 0.717) is 0 Å². The molecule has 2 amide bonds. The topological polar surface area (TPSA) is 32.3 Å². The quantitative estimate of drug-likeness (QED) is 0.574. The Labute approximate surface area is 73.1 Å². The third kappa shape index (κ3) is 2.46. The molecule has 3 heteroatoms. The summed E-state index contributed by atoms with van der Waals surface area (Å²) in [4.78, 5) is 12.7. The highest BCUT2D eigenvalue weighted by Crippen LogP contribution is 2.05. The van der Waals surface area contributed by atoms with Gasteiger partial charge in [0, 0.05) is 33.0 Å². The molecule has 1 unspecified atom stereocenters. The van der Waals surface area contributed by atoms with Crippen molar-refractivity contribution in [2.45, 2.75) is 25.3 Å². The maximum Gasteiger partial charge on any atom is 0.317 e. The van der Waals surface area contributed by atoms with Gasteiger partial charge in [-0.25, -0.2) is 4.79 Å². The average molecular weight is 166 g/mol. The molecular formula is C9H14N2O. The predicted molar refractivity (Wildman–Crippen MR) is 47.6 cm³/mol. The third-order valence-electron chi connectivity index (χ3n) is 1.83. The number of hydrogen-bond donors (Lipinski definition) is 1. The first-order chi connectivity index (χ1) is 5.70. The van der Waals surface area contributed by atoms with E-state index in [9.17, 15) is 4.79 Å². The second-order valence-electron chi connectivity index (χ2n) is 3.14. The van der Waals surface area contributed by atoms with Gasteiger partial charge in [0.15, 0.2) is 0 Å². The van der Waals surface area contributed by atoms with Gasteiger partial charge in [-0.15, -0.1) is 11.8 Å². The number of carbonyl (C=O) groups is 1. The molecule has 66 valence electrons. The van der Waals surface area contributed by atoms with Crippen molar-refractivity contribution in [2.24, 2.45) is 0 Å². The predicted octanol–water partition coefficient (Wildman–Crippen LogP) is 0.813. The number of nitrogens with one attached hydrogen (secondary N) is 1. The van der Waals surface area contributed by atoms with E-state index in [-0.39, 0.29) is 12.1 Å². The molecule has 12 heavy (non-hydrogen) atoms. The summed E-state index contributed by atoms with van der Waals surface area (Å²) >= 11 is 0. The molecule has 0 spiro atoms. The Kier molecular flexibility index (Phi) is 2.98. The maximum absolute atomic E-state index is 11.2. The van der Waals surface area contributed by atoms with Gasteiger partial charge in [-0.05, 0) is 6.42 Å². The van der Waals surface area contributed by atoms with Crippen LogP contribution in [-0.4, -0.2) is 31.1 Å². The maximum atomic E-state index is 11.2. The SMILES string of the molecule is CN(C)C(=O)NC1CC#CCC1. The van der Waals surface area contributed by atoms with Crippen LogP contribution in [0.2, 0.25) is 0 Å². The van der Waals surface area contributed by atoms with Crippen LogP contribution < -0.4 is 5.32 Å². The molecule has 0 radical (unpaired) electrons. The van der Waals surface area contributed by atoms with Crippen LogP contribution in [0.4, 0.5) is 4.79 Å². The summed E-state index contributed by atoms with van der Waals surface area (Å²) in [6.07, 6.45) is 2.67. The van der Waals surface area contributed by atoms with Gasteiger partial charge in [0.2, 0.25) is 0 Å². The van der Waals surface area contributed by atoms with E-state index in [1.165, 1.54) is 0 Å². The highest BCUT2D eigenvalue weighted by molar-refractivity contribution is 5.73. The summed E-state index contributed by atoms with van der Waals surface area (Å²) in [6.45, 7) is 0. The van der Waals surface area contributed by atoms with Crippen molar-refractivity contribution in [2.75, 3.05) is 14.1 Å². The summed E-state index contributed by atoms with van der Waals surface area (Å²) < 4.78 is 0. The van der Waals surface area contributed by atoms with Gasteiger partial charge in [-0.3, -0.25) is 0 Å². The molecule has 0 saturated carbocycles. The number of hydrogen-bond acceptors (Lipinski definition) is 1. The first-order valence-corrected chi connectivity index (χ1v) is 4.13. The zero-order valence-electron chi connectivity index (χ0n) is 7.55. The fourth-order valence-corrected chi connectivity index (χ4v) is 1.06. The molecule has 1 N–H and O–H groups in total. The van der Waals surface area contributed by atoms with Crippen LogP contribution in [0.25, 0.3) is 0 Å². The smallest absolute Gasteiger partial charge is 0.317 e. The van der Waals surface area contributed by atoms with Gasteiger partial charge in [0.05, 0.1) is 0 Å². The molecule has 0 heterocycles. The number of amides is 2. The van der Waals surface area contributed by atoms with Gasteiger partial charge in [-0.2, -0.15) is 0 Å². The lowest BCUT2D eigenvalue weighted by Gasteiger charge is -2.20. The van der Waals surface area contributed by atoms with Crippen LogP contribution in [0.1, 0.15) is 19.3 Å². The van der Waals surface area contributed by atoms with Crippen LogP contribution >= 0.6 is 0 Å². The van der Waals surface area contributed by atoms with Gasteiger partial charge < -0.3 is 10.2 Å². The Morgan fingerprint density at radius 3 is 2.75 bits per heavy atom. The van der Waals surface area contributed by atoms with Gasteiger partial charge in [0.1, 0.15) is 0 Å². The summed E-state index contributed by atoms with van der Waals surface area (Å²) in [5.74, 6) is 6.00. The first kappa shape index (κ1) is 8.92. The summed E-state index contributed by atoms with van der Waals surface area (Å²) in [7, 11) is 3.48. The van der Waals surface area contributed by atoms with Gasteiger partial charge >= 0.3 is 6.03 Å². The zero-order valence-corrected chi connectivity index (χ0v) is 7.55. The van der Waals surface area contributed by atoms with Crippen molar-refractivity contribution < 1.29 is 4.79 Å². The van der Waals surface area contributed by atoms with Crippen molar-refractivity contribution in [3.8, 4) is 11.8 Å². The van der Waals surface area contributed by atoms with Crippen molar-refractivity contribution >= 4 is 6.03 Å². The molecule has 3 nitrogen and oxygen atoms in total. The van der Waals surface area contributed by atoms with E-state index in [1.54, 1.807) is 19.0 Å². The molecule has 1 atom stereocenters. The van der Waals surface area contributed by atoms with Gasteiger partial charge in [-0.1, -0.05) is 0 Å². The Morgan fingerprint density at radius 2 is 2.25 bits per heavy atom. The summed E-state index contributed by atoms with van der Waals surface area (Å²) in [5, 5.41) is 2.90. The zero-order chi connectivity index (χ0) is 8.97. The number of urea groups is 1. The summed E-state index contributed by atoms with van der Waals surface area (Å²) in [5.41, 5.74) is 0. The number of carbonyl (C=O) groups excluding carboxylic acids is 1. The Hall–Kier alpha value is -1.17. The van der Waals surface area contributed by atoms with Crippen molar-refractivity contribution in [1.29, 1.82) is 0 Å². The van der Waals surface area contributed by atoms with E-state index in [4.69, 9.17) is 0 Å². The van der Waals surface area contributed by atoms with Crippen LogP contribution in [0.5, 0.6) is 0 Å². The summed E-state index contributed by atoms with van der Waals surface area (Å²) in [6, 6.07) is 0.227. The highest BCUT2D eigenvalue weighted by atomic mass is 16.2. The fourth-order valence-electron chi connectivity index (χ4n) is 1.06. The van der Waals surface area contributed by atoms with Crippen molar-refractivity contribution in [1.82, 2.24) is 10.2 Å². The Morgan fingerprint density at radius 1 is 1.50 bits per heavy atom. The first-order valence-electron chi connectivity index (χ1n) is 4.13. The Bertz CT molecular complexity index is 224. The van der Waals surface area contributed by atoms with E-state index in [2.05, 4.69) is 17.2 Å². The van der Waals surface area contributed by atoms with Crippen LogP contribution in [0.15, 0.2) is 0 Å². The number of nitrogens with zero attached hydrogens (tertiary/aromatic N) is 1. The van der Waals surface area contributed by atoms with Crippen LogP contribution in [0, 0.1) is 11.8 Å². The third-order valence-corrected chi connectivity index (χ3v) is 1.83. The molecule has 0 aromatic heterocycles. The second kappa shape index (κ2) is 4.01. The molecule has 0 bridgehead atoms. The molecule has 0 saturated heterocycles. The van der Waals surface area contributed by atoms with E-state index >= 15 is 0 Å². The van der Waals surface area contributed by atoms with E-state index < -0.39 is 0 Å². The molecule has 0 fully saturated rings. The van der Waals surface area contributed by atoms with E-state index in [1.807, 2.05) is 0 Å². The molecule has 0 aliphatic heterocycles. The minimum Gasteiger partial charge on any atom is -0.334 e. The van der Waals surface area contributed by atoms with Gasteiger partial charge in [0.25, 0.3) is 0 Å². The minimum atomic E-state index is -0.0244. The van der Waals surface area contributed by atoms with Crippen LogP contribution in [-0.2, 0) is 0 Å². The lowest BCUT2D eigenvalue weighted by molar-refractivity contribution is 0.212. The molecule has 1 rings (SSSR count). The van der Waals surface area contributed by atoms with Crippen LogP contribution in [0.3, 0.4) is 0 Å².